The first-order valence-corrected chi connectivity index (χ1v) is 7.12. The standard InChI is InChI=1S/C14H18BrNO2/c1-10-4-6-13(12(15)9-10)16-8-2-3-11(16)5-7-14(17)18/h4,6,9,11H,2-3,5,7-8H2,1H3,(H,17,18). The van der Waals surface area contributed by atoms with Crippen LogP contribution in [0.1, 0.15) is 31.2 Å². The number of benzene rings is 1. The molecule has 1 saturated heterocycles. The molecule has 2 rings (SSSR count). The number of halogens is 1. The summed E-state index contributed by atoms with van der Waals surface area (Å²) in [5, 5.41) is 8.79. The van der Waals surface area contributed by atoms with Gasteiger partial charge in [-0.05, 0) is 59.8 Å². The topological polar surface area (TPSA) is 40.5 Å². The predicted octanol–water partition coefficient (Wildman–Crippen LogP) is 3.59. The van der Waals surface area contributed by atoms with Gasteiger partial charge in [0.15, 0.2) is 0 Å². The molecule has 0 aromatic heterocycles. The van der Waals surface area contributed by atoms with Crippen LogP contribution < -0.4 is 4.90 Å². The van der Waals surface area contributed by atoms with Crippen molar-refractivity contribution in [2.75, 3.05) is 11.4 Å². The molecule has 0 amide bonds. The molecule has 1 aromatic rings. The van der Waals surface area contributed by atoms with Crippen LogP contribution in [0.5, 0.6) is 0 Å². The third-order valence-corrected chi connectivity index (χ3v) is 4.12. The van der Waals surface area contributed by atoms with E-state index in [1.54, 1.807) is 0 Å². The zero-order valence-electron chi connectivity index (χ0n) is 10.5. The molecule has 0 aliphatic carbocycles. The minimum atomic E-state index is -0.704. The lowest BCUT2D eigenvalue weighted by atomic mass is 10.1. The monoisotopic (exact) mass is 311 g/mol. The van der Waals surface area contributed by atoms with Crippen molar-refractivity contribution in [3.8, 4) is 0 Å². The van der Waals surface area contributed by atoms with Crippen LogP contribution in [0.15, 0.2) is 22.7 Å². The van der Waals surface area contributed by atoms with Crippen LogP contribution in [0, 0.1) is 6.92 Å². The number of carboxylic acid groups (broad SMARTS) is 1. The summed E-state index contributed by atoms with van der Waals surface area (Å²) < 4.78 is 1.10. The molecule has 0 spiro atoms. The van der Waals surface area contributed by atoms with Gasteiger partial charge in [-0.3, -0.25) is 4.79 Å². The van der Waals surface area contributed by atoms with Gasteiger partial charge in [0.2, 0.25) is 0 Å². The minimum Gasteiger partial charge on any atom is -0.481 e. The number of rotatable bonds is 4. The largest absolute Gasteiger partial charge is 0.481 e. The first-order chi connectivity index (χ1) is 8.58. The molecule has 1 aliphatic heterocycles. The Kier molecular flexibility index (Phi) is 4.27. The van der Waals surface area contributed by atoms with Gasteiger partial charge in [-0.1, -0.05) is 6.07 Å². The van der Waals surface area contributed by atoms with Crippen LogP contribution in [0.2, 0.25) is 0 Å². The molecule has 1 unspecified atom stereocenters. The first kappa shape index (κ1) is 13.4. The highest BCUT2D eigenvalue weighted by molar-refractivity contribution is 9.10. The maximum absolute atomic E-state index is 10.7. The van der Waals surface area contributed by atoms with Crippen LogP contribution in [0.25, 0.3) is 0 Å². The summed E-state index contributed by atoms with van der Waals surface area (Å²) in [5.41, 5.74) is 2.42. The summed E-state index contributed by atoms with van der Waals surface area (Å²) in [5.74, 6) is -0.704. The van der Waals surface area contributed by atoms with Gasteiger partial charge >= 0.3 is 5.97 Å². The van der Waals surface area contributed by atoms with Crippen molar-refractivity contribution in [3.05, 3.63) is 28.2 Å². The van der Waals surface area contributed by atoms with Gasteiger partial charge in [0, 0.05) is 23.5 Å². The molecular formula is C14H18BrNO2. The average molecular weight is 312 g/mol. The Morgan fingerprint density at radius 1 is 1.56 bits per heavy atom. The van der Waals surface area contributed by atoms with Gasteiger partial charge in [0.05, 0.1) is 5.69 Å². The van der Waals surface area contributed by atoms with E-state index in [4.69, 9.17) is 5.11 Å². The Bertz CT molecular complexity index is 447. The fourth-order valence-electron chi connectivity index (χ4n) is 2.59. The van der Waals surface area contributed by atoms with E-state index >= 15 is 0 Å². The zero-order valence-corrected chi connectivity index (χ0v) is 12.1. The number of hydrogen-bond donors (Lipinski definition) is 1. The highest BCUT2D eigenvalue weighted by Crippen LogP contribution is 2.34. The molecule has 0 bridgehead atoms. The molecule has 0 radical (unpaired) electrons. The normalized spacial score (nSPS) is 19.2. The Morgan fingerprint density at radius 3 is 3.00 bits per heavy atom. The molecule has 0 saturated carbocycles. The molecule has 1 aliphatic rings. The molecular weight excluding hydrogens is 294 g/mol. The van der Waals surface area contributed by atoms with Gasteiger partial charge in [0.1, 0.15) is 0 Å². The highest BCUT2D eigenvalue weighted by atomic mass is 79.9. The lowest BCUT2D eigenvalue weighted by molar-refractivity contribution is -0.137. The highest BCUT2D eigenvalue weighted by Gasteiger charge is 2.26. The van der Waals surface area contributed by atoms with E-state index in [9.17, 15) is 4.79 Å². The van der Waals surface area contributed by atoms with Crippen molar-refractivity contribution in [1.29, 1.82) is 0 Å². The number of aliphatic carboxylic acids is 1. The second kappa shape index (κ2) is 5.74. The van der Waals surface area contributed by atoms with E-state index < -0.39 is 5.97 Å². The maximum atomic E-state index is 10.7. The van der Waals surface area contributed by atoms with Gasteiger partial charge < -0.3 is 10.0 Å². The lowest BCUT2D eigenvalue weighted by Crippen LogP contribution is -2.29. The maximum Gasteiger partial charge on any atom is 0.303 e. The smallest absolute Gasteiger partial charge is 0.303 e. The molecule has 18 heavy (non-hydrogen) atoms. The summed E-state index contributed by atoms with van der Waals surface area (Å²) >= 11 is 3.61. The Balaban J connectivity index is 2.13. The Morgan fingerprint density at radius 2 is 2.33 bits per heavy atom. The van der Waals surface area contributed by atoms with Crippen molar-refractivity contribution in [1.82, 2.24) is 0 Å². The fraction of sp³-hybridized carbons (Fsp3) is 0.500. The number of hydrogen-bond acceptors (Lipinski definition) is 2. The average Bonchev–Trinajstić information content (AvgIpc) is 2.74. The zero-order chi connectivity index (χ0) is 13.1. The number of aryl methyl sites for hydroxylation is 1. The van der Waals surface area contributed by atoms with Crippen LogP contribution in [-0.4, -0.2) is 23.7 Å². The van der Waals surface area contributed by atoms with E-state index in [0.29, 0.717) is 6.04 Å². The van der Waals surface area contributed by atoms with E-state index in [0.717, 1.165) is 30.3 Å². The quantitative estimate of drug-likeness (QED) is 0.923. The Labute approximate surface area is 116 Å². The number of anilines is 1. The van der Waals surface area contributed by atoms with Crippen molar-refractivity contribution < 1.29 is 9.90 Å². The van der Waals surface area contributed by atoms with Crippen LogP contribution >= 0.6 is 15.9 Å². The Hall–Kier alpha value is -1.03. The summed E-state index contributed by atoms with van der Waals surface area (Å²) in [6.07, 6.45) is 3.22. The third kappa shape index (κ3) is 3.05. The van der Waals surface area contributed by atoms with Crippen LogP contribution in [-0.2, 0) is 4.79 Å². The van der Waals surface area contributed by atoms with Gasteiger partial charge in [-0.25, -0.2) is 0 Å². The third-order valence-electron chi connectivity index (χ3n) is 3.48. The summed E-state index contributed by atoms with van der Waals surface area (Å²) in [4.78, 5) is 13.0. The van der Waals surface area contributed by atoms with E-state index in [2.05, 4.69) is 46.0 Å². The van der Waals surface area contributed by atoms with E-state index in [1.807, 2.05) is 0 Å². The van der Waals surface area contributed by atoms with Crippen LogP contribution in [0.3, 0.4) is 0 Å². The number of carbonyl (C=O) groups is 1. The molecule has 1 fully saturated rings. The predicted molar refractivity (Wildman–Crippen MR) is 76.1 cm³/mol. The second-order valence-electron chi connectivity index (χ2n) is 4.88. The molecule has 98 valence electrons. The molecule has 1 N–H and O–H groups in total. The second-order valence-corrected chi connectivity index (χ2v) is 5.73. The van der Waals surface area contributed by atoms with Gasteiger partial charge in [0.25, 0.3) is 0 Å². The van der Waals surface area contributed by atoms with Crippen molar-refractivity contribution in [2.45, 2.75) is 38.6 Å². The minimum absolute atomic E-state index is 0.255. The van der Waals surface area contributed by atoms with Gasteiger partial charge in [-0.15, -0.1) is 0 Å². The molecule has 4 heteroatoms. The molecule has 1 heterocycles. The van der Waals surface area contributed by atoms with Crippen molar-refractivity contribution in [2.24, 2.45) is 0 Å². The summed E-state index contributed by atoms with van der Waals surface area (Å²) in [6.45, 7) is 3.09. The lowest BCUT2D eigenvalue weighted by Gasteiger charge is -2.27. The molecule has 3 nitrogen and oxygen atoms in total. The van der Waals surface area contributed by atoms with Crippen molar-refractivity contribution >= 4 is 27.6 Å². The SMILES string of the molecule is Cc1ccc(N2CCCC2CCC(=O)O)c(Br)c1. The van der Waals surface area contributed by atoms with Gasteiger partial charge in [-0.2, -0.15) is 0 Å². The summed E-state index contributed by atoms with van der Waals surface area (Å²) in [6, 6.07) is 6.70. The first-order valence-electron chi connectivity index (χ1n) is 6.32. The molecule has 1 aromatic carbocycles. The van der Waals surface area contributed by atoms with E-state index in [1.165, 1.54) is 11.3 Å². The van der Waals surface area contributed by atoms with Crippen LogP contribution in [0.4, 0.5) is 5.69 Å². The molecule has 1 atom stereocenters. The van der Waals surface area contributed by atoms with E-state index in [-0.39, 0.29) is 6.42 Å². The summed E-state index contributed by atoms with van der Waals surface area (Å²) in [7, 11) is 0. The fourth-order valence-corrected chi connectivity index (χ4v) is 3.31. The number of nitrogens with zero attached hydrogens (tertiary/aromatic N) is 1. The number of carboxylic acids is 1. The van der Waals surface area contributed by atoms with Crippen molar-refractivity contribution in [3.63, 3.8) is 0 Å².